The molecule has 1 fully saturated rings. The molecule has 2 heterocycles. The molecular weight excluding hydrogens is 246 g/mol. The Kier molecular flexibility index (Phi) is 4.70. The van der Waals surface area contributed by atoms with Crippen molar-refractivity contribution in [1.82, 2.24) is 10.3 Å². The number of amides is 1. The fourth-order valence-corrected chi connectivity index (χ4v) is 1.75. The van der Waals surface area contributed by atoms with E-state index in [1.54, 1.807) is 12.3 Å². The Hall–Kier alpha value is -1.66. The second-order valence-corrected chi connectivity index (χ2v) is 4.58. The minimum absolute atomic E-state index is 0.0632. The third kappa shape index (κ3) is 3.90. The average molecular weight is 265 g/mol. The van der Waals surface area contributed by atoms with Gasteiger partial charge in [-0.25, -0.2) is 4.98 Å². The predicted molar refractivity (Wildman–Crippen MR) is 71.5 cm³/mol. The van der Waals surface area contributed by atoms with Gasteiger partial charge in [0.05, 0.1) is 31.5 Å². The van der Waals surface area contributed by atoms with Gasteiger partial charge >= 0.3 is 0 Å². The first-order chi connectivity index (χ1) is 9.16. The predicted octanol–water partition coefficient (Wildman–Crippen LogP) is 0.293. The van der Waals surface area contributed by atoms with E-state index in [0.29, 0.717) is 31.9 Å². The van der Waals surface area contributed by atoms with E-state index in [1.807, 2.05) is 25.1 Å². The Bertz CT molecular complexity index is 414. The molecule has 1 aromatic rings. The number of rotatable bonds is 4. The summed E-state index contributed by atoms with van der Waals surface area (Å²) < 4.78 is 10.7. The van der Waals surface area contributed by atoms with Gasteiger partial charge in [0.2, 0.25) is 0 Å². The Morgan fingerprint density at radius 2 is 2.32 bits per heavy atom. The van der Waals surface area contributed by atoms with E-state index in [-0.39, 0.29) is 12.0 Å². The Labute approximate surface area is 112 Å². The highest BCUT2D eigenvalue weighted by atomic mass is 16.6. The van der Waals surface area contributed by atoms with Crippen molar-refractivity contribution in [2.24, 2.45) is 0 Å². The summed E-state index contributed by atoms with van der Waals surface area (Å²) in [5, 5.41) is 2.82. The molecule has 6 heteroatoms. The lowest BCUT2D eigenvalue weighted by atomic mass is 10.2. The first-order valence-corrected chi connectivity index (χ1v) is 6.28. The molecule has 1 aromatic heterocycles. The molecule has 0 aliphatic carbocycles. The van der Waals surface area contributed by atoms with Gasteiger partial charge in [0.15, 0.2) is 0 Å². The Balaban J connectivity index is 1.85. The number of hydrogen-bond donors (Lipinski definition) is 1. The van der Waals surface area contributed by atoms with Crippen molar-refractivity contribution in [3.05, 3.63) is 23.9 Å². The Morgan fingerprint density at radius 1 is 1.47 bits per heavy atom. The molecule has 0 saturated carbocycles. The van der Waals surface area contributed by atoms with Gasteiger partial charge in [0, 0.05) is 26.8 Å². The molecule has 0 radical (unpaired) electrons. The van der Waals surface area contributed by atoms with Crippen LogP contribution in [-0.2, 0) is 9.47 Å². The molecule has 6 nitrogen and oxygen atoms in total. The van der Waals surface area contributed by atoms with E-state index >= 15 is 0 Å². The lowest BCUT2D eigenvalue weighted by molar-refractivity contribution is -0.0855. The number of anilines is 1. The van der Waals surface area contributed by atoms with E-state index in [2.05, 4.69) is 10.3 Å². The molecule has 2 rings (SSSR count). The minimum atomic E-state index is -0.146. The summed E-state index contributed by atoms with van der Waals surface area (Å²) in [4.78, 5) is 18.0. The van der Waals surface area contributed by atoms with Gasteiger partial charge in [-0.2, -0.15) is 0 Å². The van der Waals surface area contributed by atoms with E-state index < -0.39 is 0 Å². The maximum Gasteiger partial charge on any atom is 0.252 e. The maximum atomic E-state index is 11.9. The molecule has 0 bridgehead atoms. The van der Waals surface area contributed by atoms with Gasteiger partial charge in [0.1, 0.15) is 5.82 Å². The van der Waals surface area contributed by atoms with Gasteiger partial charge in [-0.1, -0.05) is 0 Å². The number of hydrogen-bond acceptors (Lipinski definition) is 5. The molecule has 1 N–H and O–H groups in total. The van der Waals surface area contributed by atoms with Crippen molar-refractivity contribution >= 4 is 11.7 Å². The van der Waals surface area contributed by atoms with Crippen molar-refractivity contribution in [3.63, 3.8) is 0 Å². The van der Waals surface area contributed by atoms with E-state index in [1.165, 1.54) is 0 Å². The second-order valence-electron chi connectivity index (χ2n) is 4.58. The molecule has 19 heavy (non-hydrogen) atoms. The minimum Gasteiger partial charge on any atom is -0.376 e. The fourth-order valence-electron chi connectivity index (χ4n) is 1.75. The lowest BCUT2D eigenvalue weighted by Gasteiger charge is -2.23. The van der Waals surface area contributed by atoms with Crippen LogP contribution in [0.15, 0.2) is 18.3 Å². The van der Waals surface area contributed by atoms with Gasteiger partial charge in [-0.3, -0.25) is 4.79 Å². The molecule has 1 unspecified atom stereocenters. The van der Waals surface area contributed by atoms with E-state index in [4.69, 9.17) is 9.47 Å². The molecule has 1 atom stereocenters. The molecule has 0 aromatic carbocycles. The van der Waals surface area contributed by atoms with Crippen molar-refractivity contribution in [2.75, 3.05) is 45.4 Å². The summed E-state index contributed by atoms with van der Waals surface area (Å²) in [5.41, 5.74) is 0.544. The van der Waals surface area contributed by atoms with Crippen LogP contribution in [-0.4, -0.2) is 57.5 Å². The van der Waals surface area contributed by atoms with Crippen LogP contribution in [0.25, 0.3) is 0 Å². The summed E-state index contributed by atoms with van der Waals surface area (Å²) in [6.07, 6.45) is 1.51. The standard InChI is InChI=1S/C13H19N3O3/c1-16(2)12-4-3-10(7-14-12)13(17)15-8-11-9-18-5-6-19-11/h3-4,7,11H,5-6,8-9H2,1-2H3,(H,15,17). The highest BCUT2D eigenvalue weighted by Gasteiger charge is 2.15. The second kappa shape index (κ2) is 6.49. The van der Waals surface area contributed by atoms with Crippen molar-refractivity contribution in [1.29, 1.82) is 0 Å². The van der Waals surface area contributed by atoms with Gasteiger partial charge < -0.3 is 19.7 Å². The highest BCUT2D eigenvalue weighted by Crippen LogP contribution is 2.08. The molecule has 1 saturated heterocycles. The summed E-state index contributed by atoms with van der Waals surface area (Å²) in [6.45, 7) is 2.19. The highest BCUT2D eigenvalue weighted by molar-refractivity contribution is 5.94. The number of pyridine rings is 1. The molecule has 104 valence electrons. The van der Waals surface area contributed by atoms with Crippen LogP contribution in [0, 0.1) is 0 Å². The number of ether oxygens (including phenoxy) is 2. The van der Waals surface area contributed by atoms with Crippen LogP contribution < -0.4 is 10.2 Å². The lowest BCUT2D eigenvalue weighted by Crippen LogP contribution is -2.39. The smallest absolute Gasteiger partial charge is 0.252 e. The first-order valence-electron chi connectivity index (χ1n) is 6.28. The zero-order chi connectivity index (χ0) is 13.7. The fraction of sp³-hybridized carbons (Fsp3) is 0.538. The summed E-state index contributed by atoms with van der Waals surface area (Å²) >= 11 is 0. The van der Waals surface area contributed by atoms with E-state index in [0.717, 1.165) is 5.82 Å². The Morgan fingerprint density at radius 3 is 2.89 bits per heavy atom. The van der Waals surface area contributed by atoms with Crippen LogP contribution >= 0.6 is 0 Å². The molecular formula is C13H19N3O3. The maximum absolute atomic E-state index is 11.9. The number of carbonyl (C=O) groups is 1. The number of aromatic nitrogens is 1. The van der Waals surface area contributed by atoms with Crippen molar-refractivity contribution in [3.8, 4) is 0 Å². The summed E-state index contributed by atoms with van der Waals surface area (Å²) in [7, 11) is 3.81. The normalized spacial score (nSPS) is 18.9. The van der Waals surface area contributed by atoms with Crippen molar-refractivity contribution < 1.29 is 14.3 Å². The third-order valence-electron chi connectivity index (χ3n) is 2.84. The summed E-state index contributed by atoms with van der Waals surface area (Å²) in [6, 6.07) is 3.57. The molecule has 0 spiro atoms. The number of carbonyl (C=O) groups excluding carboxylic acids is 1. The molecule has 1 amide bonds. The number of nitrogens with one attached hydrogen (secondary N) is 1. The van der Waals surface area contributed by atoms with Crippen LogP contribution in [0.4, 0.5) is 5.82 Å². The van der Waals surface area contributed by atoms with E-state index in [9.17, 15) is 4.79 Å². The van der Waals surface area contributed by atoms with Crippen LogP contribution in [0.3, 0.4) is 0 Å². The first kappa shape index (κ1) is 13.8. The van der Waals surface area contributed by atoms with Crippen LogP contribution in [0.5, 0.6) is 0 Å². The zero-order valence-electron chi connectivity index (χ0n) is 11.3. The number of nitrogens with zero attached hydrogens (tertiary/aromatic N) is 2. The summed E-state index contributed by atoms with van der Waals surface area (Å²) in [5.74, 6) is 0.674. The van der Waals surface area contributed by atoms with Gasteiger partial charge in [-0.05, 0) is 12.1 Å². The zero-order valence-corrected chi connectivity index (χ0v) is 11.3. The van der Waals surface area contributed by atoms with Crippen LogP contribution in [0.2, 0.25) is 0 Å². The largest absolute Gasteiger partial charge is 0.376 e. The quantitative estimate of drug-likeness (QED) is 0.848. The van der Waals surface area contributed by atoms with Crippen molar-refractivity contribution in [2.45, 2.75) is 6.10 Å². The van der Waals surface area contributed by atoms with Crippen LogP contribution in [0.1, 0.15) is 10.4 Å². The van der Waals surface area contributed by atoms with Gasteiger partial charge in [0.25, 0.3) is 5.91 Å². The third-order valence-corrected chi connectivity index (χ3v) is 2.84. The topological polar surface area (TPSA) is 63.7 Å². The van der Waals surface area contributed by atoms with Gasteiger partial charge in [-0.15, -0.1) is 0 Å². The monoisotopic (exact) mass is 265 g/mol. The molecule has 1 aliphatic rings. The average Bonchev–Trinajstić information content (AvgIpc) is 2.46. The molecule has 1 aliphatic heterocycles. The SMILES string of the molecule is CN(C)c1ccc(C(=O)NCC2COCCO2)cn1.